The zero-order chi connectivity index (χ0) is 17.5. The van der Waals surface area contributed by atoms with Gasteiger partial charge in [0.15, 0.2) is 0 Å². The summed E-state index contributed by atoms with van der Waals surface area (Å²) in [5, 5.41) is 13.3. The van der Waals surface area contributed by atoms with E-state index < -0.39 is 40.6 Å². The highest BCUT2D eigenvalue weighted by molar-refractivity contribution is 6.07. The van der Waals surface area contributed by atoms with Crippen molar-refractivity contribution in [3.63, 3.8) is 0 Å². The molecule has 1 aromatic rings. The van der Waals surface area contributed by atoms with E-state index in [-0.39, 0.29) is 18.7 Å². The van der Waals surface area contributed by atoms with Gasteiger partial charge in [0.25, 0.3) is 11.8 Å². The SMILES string of the molecule is N#Cc1cc(F)c(C(=O)N2CCCC3(C2)NC(=O)NC3=O)c(F)c1. The van der Waals surface area contributed by atoms with Gasteiger partial charge in [0.1, 0.15) is 22.7 Å². The smallest absolute Gasteiger partial charge is 0.322 e. The summed E-state index contributed by atoms with van der Waals surface area (Å²) in [5.41, 5.74) is -2.29. The first-order chi connectivity index (χ1) is 11.4. The van der Waals surface area contributed by atoms with Crippen LogP contribution in [0.15, 0.2) is 12.1 Å². The average Bonchev–Trinajstić information content (AvgIpc) is 2.79. The van der Waals surface area contributed by atoms with Gasteiger partial charge in [-0.15, -0.1) is 0 Å². The summed E-state index contributed by atoms with van der Waals surface area (Å²) in [6.45, 7) is 0.0188. The van der Waals surface area contributed by atoms with Gasteiger partial charge in [0, 0.05) is 6.54 Å². The Labute approximate surface area is 135 Å². The second kappa shape index (κ2) is 5.56. The number of urea groups is 1. The van der Waals surface area contributed by atoms with Gasteiger partial charge in [-0.05, 0) is 25.0 Å². The molecule has 2 heterocycles. The number of amides is 4. The molecule has 1 atom stereocenters. The van der Waals surface area contributed by atoms with Gasteiger partial charge in [-0.3, -0.25) is 14.9 Å². The van der Waals surface area contributed by atoms with Crippen molar-refractivity contribution in [1.82, 2.24) is 15.5 Å². The average molecular weight is 334 g/mol. The van der Waals surface area contributed by atoms with E-state index in [1.165, 1.54) is 0 Å². The number of hydrogen-bond donors (Lipinski definition) is 2. The van der Waals surface area contributed by atoms with Crippen molar-refractivity contribution in [2.75, 3.05) is 13.1 Å². The number of hydrogen-bond acceptors (Lipinski definition) is 4. The van der Waals surface area contributed by atoms with E-state index in [2.05, 4.69) is 10.6 Å². The molecule has 0 bridgehead atoms. The Kier molecular flexibility index (Phi) is 3.67. The number of carbonyl (C=O) groups is 3. The van der Waals surface area contributed by atoms with Gasteiger partial charge in [-0.1, -0.05) is 0 Å². The zero-order valence-electron chi connectivity index (χ0n) is 12.4. The summed E-state index contributed by atoms with van der Waals surface area (Å²) in [6.07, 6.45) is 0.714. The molecule has 2 N–H and O–H groups in total. The summed E-state index contributed by atoms with van der Waals surface area (Å²) < 4.78 is 28.0. The third-order valence-corrected chi connectivity index (χ3v) is 4.18. The lowest BCUT2D eigenvalue weighted by Crippen LogP contribution is -2.59. The van der Waals surface area contributed by atoms with Crippen LogP contribution in [0.5, 0.6) is 0 Å². The first-order valence-corrected chi connectivity index (χ1v) is 7.18. The van der Waals surface area contributed by atoms with Crippen LogP contribution >= 0.6 is 0 Å². The number of piperidine rings is 1. The van der Waals surface area contributed by atoms with Gasteiger partial charge in [-0.2, -0.15) is 5.26 Å². The number of imide groups is 1. The standard InChI is InChI=1S/C15H12F2N4O3/c16-9-4-8(6-18)5-10(17)11(9)12(22)21-3-1-2-15(7-21)13(23)19-14(24)20-15/h4-5H,1-3,7H2,(H2,19,20,23,24). The Morgan fingerprint density at radius 3 is 2.50 bits per heavy atom. The van der Waals surface area contributed by atoms with Crippen molar-refractivity contribution in [2.24, 2.45) is 0 Å². The number of rotatable bonds is 1. The zero-order valence-corrected chi connectivity index (χ0v) is 12.4. The molecule has 0 radical (unpaired) electrons. The minimum atomic E-state index is -1.27. The molecule has 0 aliphatic carbocycles. The molecule has 2 aliphatic rings. The van der Waals surface area contributed by atoms with Gasteiger partial charge in [-0.25, -0.2) is 13.6 Å². The molecule has 7 nitrogen and oxygen atoms in total. The molecule has 2 aliphatic heterocycles. The van der Waals surface area contributed by atoms with E-state index in [1.807, 2.05) is 0 Å². The molecule has 124 valence electrons. The van der Waals surface area contributed by atoms with E-state index in [4.69, 9.17) is 5.26 Å². The first-order valence-electron chi connectivity index (χ1n) is 7.18. The number of benzene rings is 1. The molecule has 2 saturated heterocycles. The molecule has 1 spiro atoms. The summed E-state index contributed by atoms with van der Waals surface area (Å²) in [5.74, 6) is -3.78. The van der Waals surface area contributed by atoms with E-state index >= 15 is 0 Å². The molecule has 1 aromatic carbocycles. The number of nitrogens with one attached hydrogen (secondary N) is 2. The van der Waals surface area contributed by atoms with Crippen LogP contribution in [0.2, 0.25) is 0 Å². The largest absolute Gasteiger partial charge is 0.336 e. The van der Waals surface area contributed by atoms with Crippen LogP contribution in [-0.2, 0) is 4.79 Å². The van der Waals surface area contributed by atoms with Gasteiger partial charge >= 0.3 is 6.03 Å². The number of halogens is 2. The van der Waals surface area contributed by atoms with Crippen molar-refractivity contribution in [3.05, 3.63) is 34.9 Å². The van der Waals surface area contributed by atoms with Crippen molar-refractivity contribution < 1.29 is 23.2 Å². The van der Waals surface area contributed by atoms with Crippen LogP contribution in [0.1, 0.15) is 28.8 Å². The van der Waals surface area contributed by atoms with E-state index in [0.717, 1.165) is 17.0 Å². The predicted molar refractivity (Wildman–Crippen MR) is 75.6 cm³/mol. The topological polar surface area (TPSA) is 102 Å². The van der Waals surface area contributed by atoms with Crippen LogP contribution in [-0.4, -0.2) is 41.4 Å². The highest BCUT2D eigenvalue weighted by Gasteiger charge is 2.49. The predicted octanol–water partition coefficient (Wildman–Crippen LogP) is 0.651. The van der Waals surface area contributed by atoms with Crippen LogP contribution in [0.4, 0.5) is 13.6 Å². The Balaban J connectivity index is 1.90. The third-order valence-electron chi connectivity index (χ3n) is 4.18. The van der Waals surface area contributed by atoms with Crippen molar-refractivity contribution in [3.8, 4) is 6.07 Å². The lowest BCUT2D eigenvalue weighted by molar-refractivity contribution is -0.125. The minimum Gasteiger partial charge on any atom is -0.336 e. The molecule has 2 fully saturated rings. The lowest BCUT2D eigenvalue weighted by atomic mass is 9.88. The normalized spacial score (nSPS) is 23.0. The molecule has 3 rings (SSSR count). The highest BCUT2D eigenvalue weighted by Crippen LogP contribution is 2.27. The van der Waals surface area contributed by atoms with E-state index in [0.29, 0.717) is 12.8 Å². The summed E-state index contributed by atoms with van der Waals surface area (Å²) in [6, 6.07) is 2.49. The summed E-state index contributed by atoms with van der Waals surface area (Å²) in [4.78, 5) is 36.9. The van der Waals surface area contributed by atoms with Crippen molar-refractivity contribution >= 4 is 17.8 Å². The van der Waals surface area contributed by atoms with Gasteiger partial charge in [0.05, 0.1) is 18.2 Å². The molecule has 0 aromatic heterocycles. The van der Waals surface area contributed by atoms with Crippen LogP contribution < -0.4 is 10.6 Å². The maximum absolute atomic E-state index is 14.0. The number of nitrogens with zero attached hydrogens (tertiary/aromatic N) is 2. The number of likely N-dealkylation sites (tertiary alicyclic amines) is 1. The fraction of sp³-hybridized carbons (Fsp3) is 0.333. The molecule has 0 saturated carbocycles. The van der Waals surface area contributed by atoms with E-state index in [1.54, 1.807) is 6.07 Å². The Hall–Kier alpha value is -3.02. The lowest BCUT2D eigenvalue weighted by Gasteiger charge is -2.38. The second-order valence-corrected chi connectivity index (χ2v) is 5.75. The van der Waals surface area contributed by atoms with Crippen LogP contribution in [0.3, 0.4) is 0 Å². The summed E-state index contributed by atoms with van der Waals surface area (Å²) in [7, 11) is 0. The molecule has 24 heavy (non-hydrogen) atoms. The Bertz CT molecular complexity index is 781. The van der Waals surface area contributed by atoms with Crippen LogP contribution in [0.25, 0.3) is 0 Å². The number of nitriles is 1. The van der Waals surface area contributed by atoms with Crippen molar-refractivity contribution in [2.45, 2.75) is 18.4 Å². The molecule has 4 amide bonds. The Morgan fingerprint density at radius 2 is 1.96 bits per heavy atom. The molecular weight excluding hydrogens is 322 g/mol. The third kappa shape index (κ3) is 2.46. The summed E-state index contributed by atoms with van der Waals surface area (Å²) >= 11 is 0. The molecule has 1 unspecified atom stereocenters. The fourth-order valence-corrected chi connectivity index (χ4v) is 3.04. The van der Waals surface area contributed by atoms with Gasteiger partial charge < -0.3 is 10.2 Å². The molecule has 9 heteroatoms. The minimum absolute atomic E-state index is 0.178. The van der Waals surface area contributed by atoms with E-state index in [9.17, 15) is 23.2 Å². The van der Waals surface area contributed by atoms with Crippen molar-refractivity contribution in [1.29, 1.82) is 5.26 Å². The highest BCUT2D eigenvalue weighted by atomic mass is 19.1. The number of carbonyl (C=O) groups excluding carboxylic acids is 3. The maximum atomic E-state index is 14.0. The monoisotopic (exact) mass is 334 g/mol. The molecular formula is C15H12F2N4O3. The second-order valence-electron chi connectivity index (χ2n) is 5.75. The fourth-order valence-electron chi connectivity index (χ4n) is 3.04. The van der Waals surface area contributed by atoms with Crippen LogP contribution in [0, 0.1) is 23.0 Å². The quantitative estimate of drug-likeness (QED) is 0.736. The maximum Gasteiger partial charge on any atom is 0.322 e. The first kappa shape index (κ1) is 15.9. The Morgan fingerprint density at radius 1 is 1.29 bits per heavy atom. The van der Waals surface area contributed by atoms with Gasteiger partial charge in [0.2, 0.25) is 0 Å².